The van der Waals surface area contributed by atoms with E-state index < -0.39 is 0 Å². The molecular weight excluding hydrogens is 380 g/mol. The Bertz CT molecular complexity index is 965. The predicted octanol–water partition coefficient (Wildman–Crippen LogP) is 4.71. The molecule has 1 amide bonds. The zero-order valence-electron chi connectivity index (χ0n) is 13.0. The normalized spacial score (nSPS) is 9.92. The fourth-order valence-corrected chi connectivity index (χ4v) is 2.65. The minimum Gasteiger partial charge on any atom is -0.353 e. The Kier molecular flexibility index (Phi) is 5.07. The van der Waals surface area contributed by atoms with E-state index in [9.17, 15) is 4.79 Å². The lowest BCUT2D eigenvalue weighted by Gasteiger charge is -2.10. The van der Waals surface area contributed by atoms with Gasteiger partial charge in [-0.05, 0) is 36.4 Å². The maximum absolute atomic E-state index is 12.4. The third kappa shape index (κ3) is 4.22. The summed E-state index contributed by atoms with van der Waals surface area (Å²) in [5, 5.41) is 15.1. The molecule has 0 aliphatic heterocycles. The molecule has 1 aromatic heterocycles. The number of para-hydroxylation sites is 1. The van der Waals surface area contributed by atoms with Crippen molar-refractivity contribution in [3.8, 4) is 6.07 Å². The van der Waals surface area contributed by atoms with Gasteiger partial charge in [0.2, 0.25) is 0 Å². The lowest BCUT2D eigenvalue weighted by molar-refractivity contribution is 0.102. The number of nitriles is 1. The Hall–Kier alpha value is -3.17. The van der Waals surface area contributed by atoms with Crippen molar-refractivity contribution < 1.29 is 4.79 Å². The molecule has 2 N–H and O–H groups in total. The summed E-state index contributed by atoms with van der Waals surface area (Å²) in [6, 6.07) is 18.3. The second kappa shape index (κ2) is 7.60. The lowest BCUT2D eigenvalue weighted by atomic mass is 10.2. The van der Waals surface area contributed by atoms with Crippen molar-refractivity contribution in [2.45, 2.75) is 0 Å². The van der Waals surface area contributed by atoms with Gasteiger partial charge in [0.25, 0.3) is 5.91 Å². The summed E-state index contributed by atoms with van der Waals surface area (Å²) < 4.78 is 0.881. The predicted molar refractivity (Wildman–Crippen MR) is 101 cm³/mol. The van der Waals surface area contributed by atoms with E-state index in [4.69, 9.17) is 5.26 Å². The van der Waals surface area contributed by atoms with Gasteiger partial charge in [0.05, 0.1) is 28.7 Å². The molecule has 0 bridgehead atoms. The van der Waals surface area contributed by atoms with Crippen molar-refractivity contribution >= 4 is 38.9 Å². The van der Waals surface area contributed by atoms with Gasteiger partial charge in [-0.3, -0.25) is 9.78 Å². The zero-order chi connectivity index (χ0) is 17.6. The maximum atomic E-state index is 12.4. The molecule has 2 aromatic carbocycles. The van der Waals surface area contributed by atoms with Gasteiger partial charge in [0, 0.05) is 16.4 Å². The highest BCUT2D eigenvalue weighted by Crippen LogP contribution is 2.21. The van der Waals surface area contributed by atoms with Crippen LogP contribution in [0.3, 0.4) is 0 Å². The molecule has 122 valence electrons. The molecule has 25 heavy (non-hydrogen) atoms. The first kappa shape index (κ1) is 16.7. The summed E-state index contributed by atoms with van der Waals surface area (Å²) in [5.74, 6) is -0.261. The fourth-order valence-electron chi connectivity index (χ4n) is 2.25. The Morgan fingerprint density at radius 1 is 1.04 bits per heavy atom. The summed E-state index contributed by atoms with van der Waals surface area (Å²) in [4.78, 5) is 16.5. The highest BCUT2D eigenvalue weighted by Gasteiger charge is 2.09. The van der Waals surface area contributed by atoms with Crippen LogP contribution in [0, 0.1) is 11.3 Å². The number of nitrogens with one attached hydrogen (secondary N) is 2. The van der Waals surface area contributed by atoms with Gasteiger partial charge in [-0.1, -0.05) is 34.1 Å². The van der Waals surface area contributed by atoms with Crippen molar-refractivity contribution in [1.29, 1.82) is 5.26 Å². The number of halogens is 1. The minimum absolute atomic E-state index is 0.261. The summed E-state index contributed by atoms with van der Waals surface area (Å²) in [6.07, 6.45) is 3.10. The Labute approximate surface area is 153 Å². The molecule has 0 spiro atoms. The van der Waals surface area contributed by atoms with E-state index in [2.05, 4.69) is 37.6 Å². The summed E-state index contributed by atoms with van der Waals surface area (Å²) in [5.41, 5.74) is 2.92. The van der Waals surface area contributed by atoms with Crippen molar-refractivity contribution in [1.82, 2.24) is 4.98 Å². The van der Waals surface area contributed by atoms with E-state index in [0.717, 1.165) is 4.47 Å². The average molecular weight is 393 g/mol. The SMILES string of the molecule is N#Cc1ccccc1Nc1cncc(C(=O)Nc2cccc(Br)c2)c1. The average Bonchev–Trinajstić information content (AvgIpc) is 2.62. The van der Waals surface area contributed by atoms with Crippen LogP contribution in [0.15, 0.2) is 71.5 Å². The monoisotopic (exact) mass is 392 g/mol. The molecule has 0 aliphatic rings. The summed E-state index contributed by atoms with van der Waals surface area (Å²) in [6.45, 7) is 0. The molecule has 0 fully saturated rings. The Morgan fingerprint density at radius 2 is 1.88 bits per heavy atom. The van der Waals surface area contributed by atoms with E-state index in [0.29, 0.717) is 28.2 Å². The second-order valence-corrected chi connectivity index (χ2v) is 6.12. The maximum Gasteiger partial charge on any atom is 0.257 e. The van der Waals surface area contributed by atoms with Crippen LogP contribution in [0.1, 0.15) is 15.9 Å². The highest BCUT2D eigenvalue weighted by molar-refractivity contribution is 9.10. The van der Waals surface area contributed by atoms with E-state index in [1.165, 1.54) is 6.20 Å². The second-order valence-electron chi connectivity index (χ2n) is 5.21. The van der Waals surface area contributed by atoms with Gasteiger partial charge in [-0.15, -0.1) is 0 Å². The van der Waals surface area contributed by atoms with Gasteiger partial charge in [-0.2, -0.15) is 5.26 Å². The number of carbonyl (C=O) groups is 1. The molecule has 0 saturated heterocycles. The van der Waals surface area contributed by atoms with Crippen LogP contribution in [0.5, 0.6) is 0 Å². The number of rotatable bonds is 4. The number of carbonyl (C=O) groups excluding carboxylic acids is 1. The fraction of sp³-hybridized carbons (Fsp3) is 0. The molecule has 0 radical (unpaired) electrons. The van der Waals surface area contributed by atoms with Gasteiger partial charge in [-0.25, -0.2) is 0 Å². The number of anilines is 3. The van der Waals surface area contributed by atoms with Crippen LogP contribution in [0.25, 0.3) is 0 Å². The molecule has 1 heterocycles. The van der Waals surface area contributed by atoms with Gasteiger partial charge in [0.15, 0.2) is 0 Å². The van der Waals surface area contributed by atoms with Crippen molar-refractivity contribution in [3.05, 3.63) is 82.6 Å². The van der Waals surface area contributed by atoms with Crippen LogP contribution >= 0.6 is 15.9 Å². The molecule has 0 unspecified atom stereocenters. The molecule has 0 aliphatic carbocycles. The summed E-state index contributed by atoms with van der Waals surface area (Å²) >= 11 is 3.37. The number of amides is 1. The van der Waals surface area contributed by atoms with Crippen LogP contribution in [-0.2, 0) is 0 Å². The third-order valence-corrected chi connectivity index (χ3v) is 3.90. The van der Waals surface area contributed by atoms with E-state index in [-0.39, 0.29) is 5.91 Å². The Balaban J connectivity index is 1.79. The standard InChI is InChI=1S/C19H13BrN4O/c20-15-5-3-6-16(9-15)24-19(25)14-8-17(12-22-11-14)23-18-7-2-1-4-13(18)10-21/h1-9,11-12,23H,(H,24,25). The van der Waals surface area contributed by atoms with E-state index in [1.807, 2.05) is 24.3 Å². The van der Waals surface area contributed by atoms with Gasteiger partial charge in [0.1, 0.15) is 6.07 Å². The molecule has 0 saturated carbocycles. The molecular formula is C19H13BrN4O. The van der Waals surface area contributed by atoms with Crippen LogP contribution in [0.4, 0.5) is 17.1 Å². The zero-order valence-corrected chi connectivity index (χ0v) is 14.6. The largest absolute Gasteiger partial charge is 0.353 e. The topological polar surface area (TPSA) is 77.8 Å². The number of nitrogens with zero attached hydrogens (tertiary/aromatic N) is 2. The third-order valence-electron chi connectivity index (χ3n) is 3.41. The lowest BCUT2D eigenvalue weighted by Crippen LogP contribution is -2.12. The number of hydrogen-bond acceptors (Lipinski definition) is 4. The van der Waals surface area contributed by atoms with Gasteiger partial charge < -0.3 is 10.6 Å². The minimum atomic E-state index is -0.261. The molecule has 3 aromatic rings. The number of pyridine rings is 1. The highest BCUT2D eigenvalue weighted by atomic mass is 79.9. The van der Waals surface area contributed by atoms with Crippen LogP contribution < -0.4 is 10.6 Å². The van der Waals surface area contributed by atoms with Crippen LogP contribution in [0.2, 0.25) is 0 Å². The Morgan fingerprint density at radius 3 is 2.68 bits per heavy atom. The quantitative estimate of drug-likeness (QED) is 0.673. The van der Waals surface area contributed by atoms with E-state index in [1.54, 1.807) is 36.5 Å². The molecule has 0 atom stereocenters. The number of benzene rings is 2. The first-order valence-corrected chi connectivity index (χ1v) is 8.23. The van der Waals surface area contributed by atoms with E-state index >= 15 is 0 Å². The summed E-state index contributed by atoms with van der Waals surface area (Å²) in [7, 11) is 0. The number of hydrogen-bond donors (Lipinski definition) is 2. The first-order valence-electron chi connectivity index (χ1n) is 7.44. The molecule has 3 rings (SSSR count). The first-order chi connectivity index (χ1) is 12.2. The van der Waals surface area contributed by atoms with Crippen molar-refractivity contribution in [2.75, 3.05) is 10.6 Å². The number of aromatic nitrogens is 1. The molecule has 5 nitrogen and oxygen atoms in total. The smallest absolute Gasteiger partial charge is 0.257 e. The molecule has 6 heteroatoms. The van der Waals surface area contributed by atoms with Crippen LogP contribution in [-0.4, -0.2) is 10.9 Å². The van der Waals surface area contributed by atoms with Crippen molar-refractivity contribution in [3.63, 3.8) is 0 Å². The van der Waals surface area contributed by atoms with Gasteiger partial charge >= 0.3 is 0 Å². The van der Waals surface area contributed by atoms with Crippen molar-refractivity contribution in [2.24, 2.45) is 0 Å².